The molecule has 1 aliphatic rings. The Morgan fingerprint density at radius 3 is 1.80 bits per heavy atom. The molecule has 3 nitrogen and oxygen atoms in total. The monoisotopic (exact) mass is 687 g/mol. The third-order valence-corrected chi connectivity index (χ3v) is 12.1. The van der Waals surface area contributed by atoms with Crippen molar-refractivity contribution in [1.29, 1.82) is 0 Å². The first-order valence-corrected chi connectivity index (χ1v) is 18.8. The van der Waals surface area contributed by atoms with Gasteiger partial charge in [-0.05, 0) is 83.9 Å². The van der Waals surface area contributed by atoms with Crippen LogP contribution in [0.4, 0.5) is 0 Å². The number of aromatic nitrogens is 3. The molecule has 2 heterocycles. The number of nitrogens with zero attached hydrogens (tertiary/aromatic N) is 3. The second-order valence-corrected chi connectivity index (χ2v) is 15.4. The van der Waals surface area contributed by atoms with E-state index in [1.165, 1.54) is 75.8 Å². The van der Waals surface area contributed by atoms with Crippen LogP contribution in [0.3, 0.4) is 0 Å². The summed E-state index contributed by atoms with van der Waals surface area (Å²) in [4.78, 5) is 11.3. The van der Waals surface area contributed by atoms with Crippen LogP contribution >= 0.6 is 0 Å². The van der Waals surface area contributed by atoms with E-state index in [4.69, 9.17) is 9.97 Å². The van der Waals surface area contributed by atoms with Gasteiger partial charge in [0, 0.05) is 32.7 Å². The van der Waals surface area contributed by atoms with Gasteiger partial charge in [0.1, 0.15) is 0 Å². The standard InChI is InChI=1S/C51H33N3/c1-51(2)42-22-12-11-21-40(42)47-48(34-24-23-30-13-3-4-14-31(30)27-34)52-50(53-49(47)51)54-43-26-25-39-37-19-8-7-17-35(37)36-18-9-10-20-38(36)45(39)46(43)41-28-32-15-5-6-16-33(32)29-44(41)54/h3-29H,1-2H3. The topological polar surface area (TPSA) is 30.7 Å². The first-order chi connectivity index (χ1) is 26.5. The molecule has 0 amide bonds. The lowest BCUT2D eigenvalue weighted by molar-refractivity contribution is 0.632. The molecule has 0 fully saturated rings. The predicted molar refractivity (Wildman–Crippen MR) is 227 cm³/mol. The molecular weight excluding hydrogens is 655 g/mol. The number of benzene rings is 9. The van der Waals surface area contributed by atoms with Crippen LogP contribution in [-0.4, -0.2) is 14.5 Å². The van der Waals surface area contributed by atoms with Gasteiger partial charge in [-0.15, -0.1) is 0 Å². The minimum absolute atomic E-state index is 0.317. The lowest BCUT2D eigenvalue weighted by Crippen LogP contribution is -2.18. The van der Waals surface area contributed by atoms with Crippen LogP contribution in [0.15, 0.2) is 164 Å². The van der Waals surface area contributed by atoms with E-state index in [0.717, 1.165) is 33.5 Å². The third-order valence-electron chi connectivity index (χ3n) is 12.1. The molecule has 0 N–H and O–H groups in total. The Hall–Kier alpha value is -6.84. The Bertz CT molecular complexity index is 3390. The predicted octanol–water partition coefficient (Wildman–Crippen LogP) is 13.3. The summed E-state index contributed by atoms with van der Waals surface area (Å²) < 4.78 is 2.34. The minimum atomic E-state index is -0.317. The molecule has 11 aromatic rings. The van der Waals surface area contributed by atoms with Crippen LogP contribution in [0, 0.1) is 0 Å². The van der Waals surface area contributed by atoms with Crippen molar-refractivity contribution in [2.75, 3.05) is 0 Å². The summed E-state index contributed by atoms with van der Waals surface area (Å²) in [6.07, 6.45) is 0. The zero-order valence-corrected chi connectivity index (χ0v) is 29.9. The summed E-state index contributed by atoms with van der Waals surface area (Å²) in [6, 6.07) is 59.8. The van der Waals surface area contributed by atoms with E-state index in [9.17, 15) is 0 Å². The Morgan fingerprint density at radius 1 is 0.444 bits per heavy atom. The highest BCUT2D eigenvalue weighted by Gasteiger charge is 2.40. The zero-order valence-electron chi connectivity index (χ0n) is 29.9. The average molecular weight is 688 g/mol. The van der Waals surface area contributed by atoms with Gasteiger partial charge >= 0.3 is 0 Å². The maximum Gasteiger partial charge on any atom is 0.235 e. The van der Waals surface area contributed by atoms with Gasteiger partial charge in [-0.3, -0.25) is 4.57 Å². The fourth-order valence-electron chi connectivity index (χ4n) is 9.58. The maximum absolute atomic E-state index is 5.65. The minimum Gasteiger partial charge on any atom is -0.278 e. The molecule has 0 unspecified atom stereocenters. The highest BCUT2D eigenvalue weighted by molar-refractivity contribution is 6.35. The van der Waals surface area contributed by atoms with Crippen molar-refractivity contribution in [1.82, 2.24) is 14.5 Å². The lowest BCUT2D eigenvalue weighted by atomic mass is 9.85. The van der Waals surface area contributed by atoms with Gasteiger partial charge in [0.25, 0.3) is 0 Å². The van der Waals surface area contributed by atoms with E-state index in [1.807, 2.05) is 0 Å². The van der Waals surface area contributed by atoms with Crippen molar-refractivity contribution < 1.29 is 0 Å². The van der Waals surface area contributed by atoms with Crippen LogP contribution in [0.5, 0.6) is 0 Å². The molecule has 0 aliphatic heterocycles. The first kappa shape index (κ1) is 29.7. The third kappa shape index (κ3) is 3.91. The van der Waals surface area contributed by atoms with Crippen LogP contribution in [0.2, 0.25) is 0 Å². The molecule has 0 saturated heterocycles. The van der Waals surface area contributed by atoms with E-state index in [1.54, 1.807) is 0 Å². The van der Waals surface area contributed by atoms with Crippen LogP contribution in [0.1, 0.15) is 25.1 Å². The van der Waals surface area contributed by atoms with Crippen molar-refractivity contribution in [3.63, 3.8) is 0 Å². The molecule has 0 atom stereocenters. The first-order valence-electron chi connectivity index (χ1n) is 18.8. The van der Waals surface area contributed by atoms with E-state index in [2.05, 4.69) is 182 Å². The van der Waals surface area contributed by atoms with Crippen molar-refractivity contribution in [2.24, 2.45) is 0 Å². The highest BCUT2D eigenvalue weighted by atomic mass is 15.2. The number of hydrogen-bond donors (Lipinski definition) is 0. The normalized spacial score (nSPS) is 13.5. The molecule has 12 rings (SSSR count). The molecule has 3 heteroatoms. The fraction of sp³-hybridized carbons (Fsp3) is 0.0588. The van der Waals surface area contributed by atoms with Crippen LogP contribution in [0.25, 0.3) is 104 Å². The quantitative estimate of drug-likeness (QED) is 0.169. The molecule has 0 saturated carbocycles. The highest BCUT2D eigenvalue weighted by Crippen LogP contribution is 2.52. The molecular formula is C51H33N3. The SMILES string of the molecule is CC1(C)c2ccccc2-c2c(-c3ccc4ccccc4c3)nc(-n3c4cc5ccccc5cc4c4c5c6ccccc6c6ccccc6c5ccc43)nc21. The number of rotatable bonds is 2. The molecule has 9 aromatic carbocycles. The summed E-state index contributed by atoms with van der Waals surface area (Å²) in [6.45, 7) is 4.62. The van der Waals surface area contributed by atoms with E-state index in [-0.39, 0.29) is 5.41 Å². The lowest BCUT2D eigenvalue weighted by Gasteiger charge is -2.21. The summed E-state index contributed by atoms with van der Waals surface area (Å²) in [5.41, 5.74) is 8.63. The van der Waals surface area contributed by atoms with Crippen molar-refractivity contribution in [3.05, 3.63) is 175 Å². The smallest absolute Gasteiger partial charge is 0.235 e. The molecule has 0 radical (unpaired) electrons. The summed E-state index contributed by atoms with van der Waals surface area (Å²) in [5, 5.41) is 14.8. The maximum atomic E-state index is 5.65. The van der Waals surface area contributed by atoms with Crippen molar-refractivity contribution >= 4 is 75.7 Å². The van der Waals surface area contributed by atoms with Crippen molar-refractivity contribution in [3.8, 4) is 28.3 Å². The Morgan fingerprint density at radius 2 is 1.04 bits per heavy atom. The summed E-state index contributed by atoms with van der Waals surface area (Å²) in [7, 11) is 0. The van der Waals surface area contributed by atoms with Gasteiger partial charge in [0.05, 0.1) is 22.4 Å². The fourth-order valence-corrected chi connectivity index (χ4v) is 9.58. The largest absolute Gasteiger partial charge is 0.278 e. The molecule has 54 heavy (non-hydrogen) atoms. The molecule has 0 bridgehead atoms. The molecule has 1 aliphatic carbocycles. The summed E-state index contributed by atoms with van der Waals surface area (Å²) >= 11 is 0. The van der Waals surface area contributed by atoms with Crippen LogP contribution in [-0.2, 0) is 5.41 Å². The van der Waals surface area contributed by atoms with Crippen LogP contribution < -0.4 is 0 Å². The van der Waals surface area contributed by atoms with Gasteiger partial charge in [0.2, 0.25) is 5.95 Å². The number of fused-ring (bicyclic) bond motifs is 15. The Labute approximate surface area is 311 Å². The Balaban J connectivity index is 1.27. The van der Waals surface area contributed by atoms with Gasteiger partial charge in [0.15, 0.2) is 0 Å². The molecule has 0 spiro atoms. The van der Waals surface area contributed by atoms with Crippen molar-refractivity contribution in [2.45, 2.75) is 19.3 Å². The molecule has 252 valence electrons. The Kier molecular flexibility index (Phi) is 5.84. The average Bonchev–Trinajstić information content (AvgIpc) is 3.67. The van der Waals surface area contributed by atoms with E-state index >= 15 is 0 Å². The van der Waals surface area contributed by atoms with E-state index in [0.29, 0.717) is 5.95 Å². The second kappa shape index (κ2) is 10.6. The summed E-state index contributed by atoms with van der Waals surface area (Å²) in [5.74, 6) is 0.692. The molecule has 2 aromatic heterocycles. The van der Waals surface area contributed by atoms with Gasteiger partial charge in [-0.25, -0.2) is 9.97 Å². The van der Waals surface area contributed by atoms with Gasteiger partial charge in [-0.2, -0.15) is 0 Å². The number of hydrogen-bond acceptors (Lipinski definition) is 2. The second-order valence-electron chi connectivity index (χ2n) is 15.4. The van der Waals surface area contributed by atoms with Gasteiger partial charge in [-0.1, -0.05) is 153 Å². The zero-order chi connectivity index (χ0) is 35.7. The van der Waals surface area contributed by atoms with Gasteiger partial charge < -0.3 is 0 Å². The van der Waals surface area contributed by atoms with E-state index < -0.39 is 0 Å².